The average molecular weight is 299 g/mol. The van der Waals surface area contributed by atoms with E-state index in [4.69, 9.17) is 5.11 Å². The van der Waals surface area contributed by atoms with Crippen molar-refractivity contribution in [2.75, 3.05) is 5.32 Å². The monoisotopic (exact) mass is 299 g/mol. The first kappa shape index (κ1) is 13.3. The van der Waals surface area contributed by atoms with Crippen LogP contribution >= 0.6 is 0 Å². The zero-order valence-corrected chi connectivity index (χ0v) is 12.0. The highest BCUT2D eigenvalue weighted by atomic mass is 16.4. The molecule has 6 nitrogen and oxygen atoms in total. The van der Waals surface area contributed by atoms with Crippen LogP contribution in [0, 0.1) is 11.8 Å². The lowest BCUT2D eigenvalue weighted by Gasteiger charge is -2.22. The number of amides is 1. The molecular weight excluding hydrogens is 282 g/mol. The molecule has 1 heterocycles. The lowest BCUT2D eigenvalue weighted by Crippen LogP contribution is -2.16. The number of carbonyl (C=O) groups is 2. The summed E-state index contributed by atoms with van der Waals surface area (Å²) in [5.74, 6) is -0.479. The van der Waals surface area contributed by atoms with Crippen molar-refractivity contribution in [2.24, 2.45) is 11.8 Å². The largest absolute Gasteiger partial charge is 0.481 e. The van der Waals surface area contributed by atoms with Crippen LogP contribution in [0.5, 0.6) is 0 Å². The third-order valence-corrected chi connectivity index (χ3v) is 4.70. The Labute approximate surface area is 126 Å². The Hall–Kier alpha value is -2.37. The molecule has 3 N–H and O–H groups in total. The van der Waals surface area contributed by atoms with Crippen LogP contribution in [0.3, 0.4) is 0 Å². The minimum Gasteiger partial charge on any atom is -0.481 e. The van der Waals surface area contributed by atoms with Crippen molar-refractivity contribution in [3.8, 4) is 0 Å². The zero-order valence-electron chi connectivity index (χ0n) is 12.0. The van der Waals surface area contributed by atoms with Gasteiger partial charge in [0.2, 0.25) is 5.91 Å². The normalized spacial score (nSPS) is 24.0. The Morgan fingerprint density at radius 1 is 1.27 bits per heavy atom. The first-order chi connectivity index (χ1) is 10.6. The summed E-state index contributed by atoms with van der Waals surface area (Å²) < 4.78 is 0. The molecule has 0 spiro atoms. The fourth-order valence-electron chi connectivity index (χ4n) is 2.97. The van der Waals surface area contributed by atoms with Crippen molar-refractivity contribution >= 4 is 28.6 Å². The minimum atomic E-state index is -0.894. The van der Waals surface area contributed by atoms with Crippen molar-refractivity contribution in [1.29, 1.82) is 0 Å². The van der Waals surface area contributed by atoms with Crippen molar-refractivity contribution in [3.63, 3.8) is 0 Å². The van der Waals surface area contributed by atoms with Crippen LogP contribution in [-0.4, -0.2) is 27.0 Å². The quantitative estimate of drug-likeness (QED) is 0.808. The van der Waals surface area contributed by atoms with E-state index in [9.17, 15) is 9.59 Å². The van der Waals surface area contributed by atoms with Gasteiger partial charge in [-0.3, -0.25) is 9.59 Å². The van der Waals surface area contributed by atoms with Crippen LogP contribution < -0.4 is 5.32 Å². The van der Waals surface area contributed by atoms with Gasteiger partial charge in [-0.05, 0) is 37.5 Å². The number of hydrogen-bond acceptors (Lipinski definition) is 3. The molecule has 2 atom stereocenters. The molecule has 0 saturated heterocycles. The van der Waals surface area contributed by atoms with E-state index in [1.165, 1.54) is 19.3 Å². The van der Waals surface area contributed by atoms with Crippen LogP contribution in [0.25, 0.3) is 11.0 Å². The first-order valence-electron chi connectivity index (χ1n) is 7.65. The van der Waals surface area contributed by atoms with Gasteiger partial charge >= 0.3 is 5.97 Å². The smallest absolute Gasteiger partial charge is 0.307 e. The third kappa shape index (κ3) is 2.24. The number of carboxylic acid groups (broad SMARTS) is 1. The number of rotatable bonds is 4. The van der Waals surface area contributed by atoms with Gasteiger partial charge in [-0.15, -0.1) is 0 Å². The van der Waals surface area contributed by atoms with Gasteiger partial charge in [0.25, 0.3) is 0 Å². The Kier molecular flexibility index (Phi) is 2.92. The van der Waals surface area contributed by atoms with Crippen LogP contribution in [0.1, 0.15) is 37.4 Å². The summed E-state index contributed by atoms with van der Waals surface area (Å²) in [4.78, 5) is 30.7. The van der Waals surface area contributed by atoms with Crippen LogP contribution in [-0.2, 0) is 9.59 Å². The zero-order chi connectivity index (χ0) is 15.3. The molecule has 0 radical (unpaired) electrons. The molecule has 1 amide bonds. The van der Waals surface area contributed by atoms with Gasteiger partial charge in [0.1, 0.15) is 5.82 Å². The lowest BCUT2D eigenvalue weighted by molar-refractivity contribution is -0.139. The Morgan fingerprint density at radius 3 is 2.73 bits per heavy atom. The molecule has 22 heavy (non-hydrogen) atoms. The van der Waals surface area contributed by atoms with Crippen molar-refractivity contribution in [1.82, 2.24) is 9.97 Å². The summed E-state index contributed by atoms with van der Waals surface area (Å²) in [6.45, 7) is 0. The molecule has 2 aliphatic carbocycles. The summed E-state index contributed by atoms with van der Waals surface area (Å²) in [5.41, 5.74) is 2.48. The number of H-pyrrole nitrogens is 1. The third-order valence-electron chi connectivity index (χ3n) is 4.70. The number of nitrogens with zero attached hydrogens (tertiary/aromatic N) is 1. The van der Waals surface area contributed by atoms with Crippen LogP contribution in [0.2, 0.25) is 0 Å². The molecule has 114 valence electrons. The predicted molar refractivity (Wildman–Crippen MR) is 80.5 cm³/mol. The Bertz CT molecular complexity index is 763. The van der Waals surface area contributed by atoms with E-state index in [2.05, 4.69) is 15.3 Å². The molecule has 0 bridgehead atoms. The van der Waals surface area contributed by atoms with Crippen molar-refractivity contribution in [2.45, 2.75) is 31.6 Å². The lowest BCUT2D eigenvalue weighted by atomic mass is 9.85. The highest BCUT2D eigenvalue weighted by Gasteiger charge is 2.48. The van der Waals surface area contributed by atoms with Gasteiger partial charge in [0.05, 0.1) is 22.9 Å². The molecule has 4 rings (SSSR count). The van der Waals surface area contributed by atoms with Crippen LogP contribution in [0.4, 0.5) is 5.69 Å². The van der Waals surface area contributed by atoms with E-state index in [0.29, 0.717) is 18.0 Å². The first-order valence-corrected chi connectivity index (χ1v) is 7.65. The van der Waals surface area contributed by atoms with Gasteiger partial charge in [0.15, 0.2) is 0 Å². The van der Waals surface area contributed by atoms with Gasteiger partial charge in [0, 0.05) is 11.6 Å². The number of benzene rings is 1. The number of imidazole rings is 1. The molecule has 0 unspecified atom stereocenters. The number of fused-ring (bicyclic) bond motifs is 1. The van der Waals surface area contributed by atoms with Gasteiger partial charge < -0.3 is 15.4 Å². The minimum absolute atomic E-state index is 0.217. The number of aliphatic carboxylic acids is 1. The van der Waals surface area contributed by atoms with E-state index in [1.807, 2.05) is 18.2 Å². The highest BCUT2D eigenvalue weighted by Crippen LogP contribution is 2.39. The molecule has 0 aliphatic heterocycles. The summed E-state index contributed by atoms with van der Waals surface area (Å²) in [5, 5.41) is 11.7. The van der Waals surface area contributed by atoms with E-state index in [-0.39, 0.29) is 5.91 Å². The highest BCUT2D eigenvalue weighted by molar-refractivity contribution is 5.99. The van der Waals surface area contributed by atoms with Crippen LogP contribution in [0.15, 0.2) is 18.2 Å². The topological polar surface area (TPSA) is 95.1 Å². The van der Waals surface area contributed by atoms with Gasteiger partial charge in [-0.2, -0.15) is 0 Å². The number of aromatic amines is 1. The van der Waals surface area contributed by atoms with E-state index < -0.39 is 17.8 Å². The summed E-state index contributed by atoms with van der Waals surface area (Å²) in [6, 6.07) is 5.55. The number of carbonyl (C=O) groups excluding carboxylic acids is 1. The van der Waals surface area contributed by atoms with Gasteiger partial charge in [-0.1, -0.05) is 6.42 Å². The van der Waals surface area contributed by atoms with Gasteiger partial charge in [-0.25, -0.2) is 4.98 Å². The standard InChI is InChI=1S/C16H17N3O3/c20-15(10-7-11(10)16(21)22)17-9-4-5-12-13(6-9)19-14(18-12)8-2-1-3-8/h4-6,8,10-11H,1-3,7H2,(H,17,20)(H,18,19)(H,21,22)/t10-,11-/m0/s1. The molecular formula is C16H17N3O3. The molecule has 2 aliphatic rings. The SMILES string of the molecule is O=C(O)[C@H]1C[C@@H]1C(=O)Nc1ccc2nc(C3CCC3)[nH]c2c1. The fraction of sp³-hybridized carbons (Fsp3) is 0.438. The number of aromatic nitrogens is 2. The van der Waals surface area contributed by atoms with Crippen molar-refractivity contribution < 1.29 is 14.7 Å². The second-order valence-electron chi connectivity index (χ2n) is 6.26. The molecule has 6 heteroatoms. The maximum atomic E-state index is 12.0. The van der Waals surface area contributed by atoms with E-state index in [0.717, 1.165) is 16.9 Å². The van der Waals surface area contributed by atoms with E-state index in [1.54, 1.807) is 0 Å². The molecule has 2 saturated carbocycles. The number of hydrogen-bond donors (Lipinski definition) is 3. The molecule has 1 aromatic carbocycles. The fourth-order valence-corrected chi connectivity index (χ4v) is 2.97. The second kappa shape index (κ2) is 4.83. The molecule has 2 aromatic rings. The van der Waals surface area contributed by atoms with Crippen molar-refractivity contribution in [3.05, 3.63) is 24.0 Å². The molecule has 2 fully saturated rings. The summed E-state index contributed by atoms with van der Waals surface area (Å²) >= 11 is 0. The summed E-state index contributed by atoms with van der Waals surface area (Å²) in [7, 11) is 0. The Balaban J connectivity index is 1.50. The molecule has 1 aromatic heterocycles. The average Bonchev–Trinajstić information content (AvgIpc) is 3.12. The summed E-state index contributed by atoms with van der Waals surface area (Å²) in [6.07, 6.45) is 4.05. The number of anilines is 1. The number of nitrogens with one attached hydrogen (secondary N) is 2. The van der Waals surface area contributed by atoms with E-state index >= 15 is 0 Å². The maximum absolute atomic E-state index is 12.0. The Morgan fingerprint density at radius 2 is 2.09 bits per heavy atom. The maximum Gasteiger partial charge on any atom is 0.307 e. The number of carboxylic acids is 1. The predicted octanol–water partition coefficient (Wildman–Crippen LogP) is 2.49. The second-order valence-corrected chi connectivity index (χ2v) is 6.26.